The zero-order chi connectivity index (χ0) is 25.5. The van der Waals surface area contributed by atoms with Crippen molar-refractivity contribution >= 4 is 23.0 Å². The SMILES string of the molecule is CCCCn1c(=O)[nH]c(=O)c2c1nc(CCC(=O)NNC(=O)Cc1ccc(F)cc1)n2CC(C)C. The number of hydrogen-bond acceptors (Lipinski definition) is 5. The van der Waals surface area contributed by atoms with Crippen LogP contribution in [0.15, 0.2) is 33.9 Å². The van der Waals surface area contributed by atoms with E-state index in [2.05, 4.69) is 20.8 Å². The smallest absolute Gasteiger partial charge is 0.322 e. The van der Waals surface area contributed by atoms with Gasteiger partial charge in [-0.05, 0) is 30.0 Å². The van der Waals surface area contributed by atoms with Crippen LogP contribution < -0.4 is 22.1 Å². The molecule has 11 heteroatoms. The number of hydrogen-bond donors (Lipinski definition) is 3. The third kappa shape index (κ3) is 6.65. The highest BCUT2D eigenvalue weighted by Crippen LogP contribution is 2.16. The van der Waals surface area contributed by atoms with E-state index in [1.54, 1.807) is 4.57 Å². The summed E-state index contributed by atoms with van der Waals surface area (Å²) in [6.07, 6.45) is 1.84. The van der Waals surface area contributed by atoms with Gasteiger partial charge in [-0.25, -0.2) is 14.2 Å². The zero-order valence-electron chi connectivity index (χ0n) is 20.2. The number of hydrazine groups is 1. The molecular formula is C24H31FN6O4. The number of unbranched alkanes of at least 4 members (excludes halogenated alkanes) is 1. The van der Waals surface area contributed by atoms with Crippen molar-refractivity contribution in [2.75, 3.05) is 0 Å². The summed E-state index contributed by atoms with van der Waals surface area (Å²) in [6, 6.07) is 5.52. The van der Waals surface area contributed by atoms with Gasteiger partial charge in [-0.3, -0.25) is 34.8 Å². The van der Waals surface area contributed by atoms with Gasteiger partial charge in [0.25, 0.3) is 5.56 Å². The van der Waals surface area contributed by atoms with Crippen LogP contribution in [-0.4, -0.2) is 30.9 Å². The van der Waals surface area contributed by atoms with Crippen molar-refractivity contribution in [3.8, 4) is 0 Å². The predicted molar refractivity (Wildman–Crippen MR) is 129 cm³/mol. The van der Waals surface area contributed by atoms with Crippen LogP contribution in [0.2, 0.25) is 0 Å². The van der Waals surface area contributed by atoms with Crippen LogP contribution in [0.25, 0.3) is 11.2 Å². The molecule has 0 atom stereocenters. The second-order valence-corrected chi connectivity index (χ2v) is 8.87. The molecule has 0 fully saturated rings. The first-order valence-corrected chi connectivity index (χ1v) is 11.7. The van der Waals surface area contributed by atoms with E-state index >= 15 is 0 Å². The Labute approximate surface area is 201 Å². The number of imidazole rings is 1. The molecule has 2 amide bonds. The molecule has 10 nitrogen and oxygen atoms in total. The van der Waals surface area contributed by atoms with Gasteiger partial charge in [-0.1, -0.05) is 39.3 Å². The van der Waals surface area contributed by atoms with Crippen LogP contribution in [0, 0.1) is 11.7 Å². The van der Waals surface area contributed by atoms with Crippen LogP contribution in [0.4, 0.5) is 4.39 Å². The Balaban J connectivity index is 1.72. The first-order valence-electron chi connectivity index (χ1n) is 11.7. The van der Waals surface area contributed by atoms with Gasteiger partial charge in [0.2, 0.25) is 11.8 Å². The molecule has 3 rings (SSSR count). The normalized spacial score (nSPS) is 11.2. The summed E-state index contributed by atoms with van der Waals surface area (Å²) < 4.78 is 16.2. The molecule has 0 bridgehead atoms. The molecule has 0 saturated carbocycles. The molecule has 3 aromatic rings. The van der Waals surface area contributed by atoms with Crippen LogP contribution in [0.3, 0.4) is 0 Å². The standard InChI is InChI=1S/C24H31FN6O4/c1-4-5-12-30-22-21(23(34)27-24(30)35)31(14-15(2)3)18(26-22)10-11-19(32)28-29-20(33)13-16-6-8-17(25)9-7-16/h6-9,15H,4-5,10-14H2,1-3H3,(H,28,32)(H,29,33)(H,27,34,35). The van der Waals surface area contributed by atoms with E-state index in [0.29, 0.717) is 35.6 Å². The molecule has 0 spiro atoms. The Morgan fingerprint density at radius 3 is 2.43 bits per heavy atom. The molecular weight excluding hydrogens is 455 g/mol. The van der Waals surface area contributed by atoms with Crippen molar-refractivity contribution in [3.63, 3.8) is 0 Å². The van der Waals surface area contributed by atoms with E-state index < -0.39 is 28.9 Å². The highest BCUT2D eigenvalue weighted by Gasteiger charge is 2.20. The van der Waals surface area contributed by atoms with Gasteiger partial charge < -0.3 is 4.57 Å². The van der Waals surface area contributed by atoms with E-state index in [9.17, 15) is 23.6 Å². The Morgan fingerprint density at radius 2 is 1.77 bits per heavy atom. The fourth-order valence-corrected chi connectivity index (χ4v) is 3.75. The van der Waals surface area contributed by atoms with Crippen LogP contribution in [0.5, 0.6) is 0 Å². The summed E-state index contributed by atoms with van der Waals surface area (Å²) in [5.74, 6) is -0.555. The number of benzene rings is 1. The van der Waals surface area contributed by atoms with E-state index in [-0.39, 0.29) is 25.2 Å². The summed E-state index contributed by atoms with van der Waals surface area (Å²) in [5.41, 5.74) is 4.95. The molecule has 2 heterocycles. The number of aromatic nitrogens is 4. The molecule has 2 aromatic heterocycles. The Kier molecular flexibility index (Phi) is 8.56. The number of carbonyl (C=O) groups excluding carboxylic acids is 2. The molecule has 0 aliphatic heterocycles. The summed E-state index contributed by atoms with van der Waals surface area (Å²) in [5, 5.41) is 0. The summed E-state index contributed by atoms with van der Waals surface area (Å²) in [4.78, 5) is 56.4. The molecule has 35 heavy (non-hydrogen) atoms. The lowest BCUT2D eigenvalue weighted by Gasteiger charge is -2.12. The summed E-state index contributed by atoms with van der Waals surface area (Å²) in [7, 11) is 0. The maximum absolute atomic E-state index is 13.0. The van der Waals surface area contributed by atoms with Crippen LogP contribution in [-0.2, 0) is 35.5 Å². The van der Waals surface area contributed by atoms with Crippen molar-refractivity contribution < 1.29 is 14.0 Å². The highest BCUT2D eigenvalue weighted by atomic mass is 19.1. The number of rotatable bonds is 10. The van der Waals surface area contributed by atoms with Gasteiger partial charge in [0, 0.05) is 25.9 Å². The second-order valence-electron chi connectivity index (χ2n) is 8.87. The molecule has 0 saturated heterocycles. The number of halogens is 1. The average molecular weight is 487 g/mol. The molecule has 0 aliphatic rings. The van der Waals surface area contributed by atoms with Gasteiger partial charge in [0.15, 0.2) is 11.2 Å². The van der Waals surface area contributed by atoms with E-state index in [0.717, 1.165) is 12.8 Å². The van der Waals surface area contributed by atoms with Gasteiger partial charge in [-0.15, -0.1) is 0 Å². The number of nitrogens with one attached hydrogen (secondary N) is 3. The van der Waals surface area contributed by atoms with E-state index in [1.807, 2.05) is 20.8 Å². The monoisotopic (exact) mass is 486 g/mol. The maximum Gasteiger partial charge on any atom is 0.330 e. The Morgan fingerprint density at radius 1 is 1.09 bits per heavy atom. The topological polar surface area (TPSA) is 131 Å². The van der Waals surface area contributed by atoms with Crippen molar-refractivity contribution in [1.29, 1.82) is 0 Å². The lowest BCUT2D eigenvalue weighted by molar-refractivity contribution is -0.128. The Bertz CT molecular complexity index is 1310. The molecule has 3 N–H and O–H groups in total. The fourth-order valence-electron chi connectivity index (χ4n) is 3.75. The lowest BCUT2D eigenvalue weighted by Crippen LogP contribution is -2.42. The van der Waals surface area contributed by atoms with E-state index in [1.165, 1.54) is 28.8 Å². The van der Waals surface area contributed by atoms with Gasteiger partial charge >= 0.3 is 5.69 Å². The van der Waals surface area contributed by atoms with E-state index in [4.69, 9.17) is 0 Å². The quantitative estimate of drug-likeness (QED) is 0.376. The minimum atomic E-state index is -0.505. The predicted octanol–water partition coefficient (Wildman–Crippen LogP) is 1.80. The fraction of sp³-hybridized carbons (Fsp3) is 0.458. The lowest BCUT2D eigenvalue weighted by atomic mass is 10.1. The van der Waals surface area contributed by atoms with Crippen molar-refractivity contribution in [2.45, 2.75) is 66.0 Å². The Hall–Kier alpha value is -3.76. The third-order valence-corrected chi connectivity index (χ3v) is 5.44. The number of carbonyl (C=O) groups is 2. The van der Waals surface area contributed by atoms with Crippen LogP contribution in [0.1, 0.15) is 51.4 Å². The molecule has 1 aromatic carbocycles. The molecule has 0 radical (unpaired) electrons. The summed E-state index contributed by atoms with van der Waals surface area (Å²) >= 11 is 0. The molecule has 188 valence electrons. The summed E-state index contributed by atoms with van der Waals surface area (Å²) in [6.45, 7) is 6.94. The largest absolute Gasteiger partial charge is 0.330 e. The minimum Gasteiger partial charge on any atom is -0.322 e. The minimum absolute atomic E-state index is 0.00927. The average Bonchev–Trinajstić information content (AvgIpc) is 3.15. The zero-order valence-corrected chi connectivity index (χ0v) is 20.2. The number of amides is 2. The van der Waals surface area contributed by atoms with Gasteiger partial charge in [-0.2, -0.15) is 0 Å². The highest BCUT2D eigenvalue weighted by molar-refractivity contribution is 5.83. The first-order chi connectivity index (χ1) is 16.7. The van der Waals surface area contributed by atoms with Gasteiger partial charge in [0.1, 0.15) is 11.6 Å². The number of aromatic amines is 1. The number of aryl methyl sites for hydroxylation is 2. The van der Waals surface area contributed by atoms with Gasteiger partial charge in [0.05, 0.1) is 6.42 Å². The number of H-pyrrole nitrogens is 1. The van der Waals surface area contributed by atoms with Crippen LogP contribution >= 0.6 is 0 Å². The molecule has 0 aliphatic carbocycles. The second kappa shape index (κ2) is 11.6. The van der Waals surface area contributed by atoms with Crippen molar-refractivity contribution in [3.05, 3.63) is 62.3 Å². The maximum atomic E-state index is 13.0. The molecule has 0 unspecified atom stereocenters. The number of nitrogens with zero attached hydrogens (tertiary/aromatic N) is 3. The number of fused-ring (bicyclic) bond motifs is 1. The first kappa shape index (κ1) is 25.9. The third-order valence-electron chi connectivity index (χ3n) is 5.44. The van der Waals surface area contributed by atoms with Crippen molar-refractivity contribution in [1.82, 2.24) is 30.0 Å². The van der Waals surface area contributed by atoms with Crippen molar-refractivity contribution in [2.24, 2.45) is 5.92 Å².